The maximum atomic E-state index is 9.68. The number of fused-ring (bicyclic) bond motifs is 3. The molecule has 0 aliphatic carbocycles. The normalized spacial score (nSPS) is 26.4. The zero-order chi connectivity index (χ0) is 17.3. The number of methoxy groups -OCH3 is 2. The van der Waals surface area contributed by atoms with E-state index in [1.54, 1.807) is 14.2 Å². The molecule has 1 saturated heterocycles. The van der Waals surface area contributed by atoms with Gasteiger partial charge in [-0.05, 0) is 54.4 Å². The van der Waals surface area contributed by atoms with Crippen molar-refractivity contribution >= 4 is 0 Å². The summed E-state index contributed by atoms with van der Waals surface area (Å²) in [4.78, 5) is 2.58. The molecule has 3 rings (SSSR count). The lowest BCUT2D eigenvalue weighted by Gasteiger charge is -2.46. The van der Waals surface area contributed by atoms with E-state index in [0.717, 1.165) is 43.9 Å². The number of nitriles is 1. The van der Waals surface area contributed by atoms with Crippen molar-refractivity contribution in [1.82, 2.24) is 4.90 Å². The molecule has 0 spiro atoms. The molecule has 0 radical (unpaired) electrons. The lowest BCUT2D eigenvalue weighted by molar-refractivity contribution is 0.0642. The van der Waals surface area contributed by atoms with Gasteiger partial charge in [-0.3, -0.25) is 4.90 Å². The first-order valence-electron chi connectivity index (χ1n) is 8.95. The van der Waals surface area contributed by atoms with Crippen LogP contribution in [0.25, 0.3) is 0 Å². The van der Waals surface area contributed by atoms with Crippen molar-refractivity contribution in [2.45, 2.75) is 39.2 Å². The van der Waals surface area contributed by atoms with E-state index in [0.29, 0.717) is 17.9 Å². The van der Waals surface area contributed by atoms with Crippen LogP contribution in [0, 0.1) is 29.1 Å². The van der Waals surface area contributed by atoms with Crippen molar-refractivity contribution in [3.63, 3.8) is 0 Å². The minimum Gasteiger partial charge on any atom is -0.493 e. The zero-order valence-electron chi connectivity index (χ0n) is 15.2. The summed E-state index contributed by atoms with van der Waals surface area (Å²) in [6.07, 6.45) is 3.11. The Hall–Kier alpha value is -1.73. The third kappa shape index (κ3) is 3.10. The third-order valence-electron chi connectivity index (χ3n) is 5.57. The highest BCUT2D eigenvalue weighted by atomic mass is 16.5. The van der Waals surface area contributed by atoms with Gasteiger partial charge in [-0.15, -0.1) is 0 Å². The Morgan fingerprint density at radius 2 is 1.96 bits per heavy atom. The highest BCUT2D eigenvalue weighted by molar-refractivity contribution is 5.49. The number of nitrogens with zero attached hydrogens (tertiary/aromatic N) is 2. The van der Waals surface area contributed by atoms with Gasteiger partial charge in [0.05, 0.1) is 26.2 Å². The minimum atomic E-state index is 0.146. The lowest BCUT2D eigenvalue weighted by Crippen LogP contribution is -2.46. The first kappa shape index (κ1) is 17.1. The van der Waals surface area contributed by atoms with E-state index in [-0.39, 0.29) is 5.92 Å². The van der Waals surface area contributed by atoms with Gasteiger partial charge in [0.25, 0.3) is 0 Å². The highest BCUT2D eigenvalue weighted by Crippen LogP contribution is 2.45. The van der Waals surface area contributed by atoms with Crippen LogP contribution in [-0.4, -0.2) is 32.2 Å². The summed E-state index contributed by atoms with van der Waals surface area (Å²) in [5.41, 5.74) is 2.66. The van der Waals surface area contributed by atoms with Crippen molar-refractivity contribution in [2.75, 3.05) is 27.3 Å². The van der Waals surface area contributed by atoms with Crippen LogP contribution in [0.1, 0.15) is 43.9 Å². The number of benzene rings is 1. The van der Waals surface area contributed by atoms with Gasteiger partial charge >= 0.3 is 0 Å². The van der Waals surface area contributed by atoms with Crippen molar-refractivity contribution in [1.29, 1.82) is 5.26 Å². The van der Waals surface area contributed by atoms with Crippen LogP contribution in [-0.2, 0) is 6.42 Å². The molecular formula is C20H28N2O2. The molecule has 3 atom stereocenters. The van der Waals surface area contributed by atoms with Crippen LogP contribution in [0.15, 0.2) is 12.1 Å². The monoisotopic (exact) mass is 328 g/mol. The van der Waals surface area contributed by atoms with E-state index in [1.807, 2.05) is 0 Å². The van der Waals surface area contributed by atoms with E-state index in [2.05, 4.69) is 36.9 Å². The van der Waals surface area contributed by atoms with E-state index < -0.39 is 0 Å². The van der Waals surface area contributed by atoms with E-state index >= 15 is 0 Å². The fourth-order valence-corrected chi connectivity index (χ4v) is 4.44. The number of ether oxygens (including phenoxy) is 2. The molecule has 0 bridgehead atoms. The maximum Gasteiger partial charge on any atom is 0.161 e. The van der Waals surface area contributed by atoms with E-state index in [9.17, 15) is 5.26 Å². The largest absolute Gasteiger partial charge is 0.493 e. The van der Waals surface area contributed by atoms with Crippen LogP contribution in [0.3, 0.4) is 0 Å². The molecule has 4 heteroatoms. The molecule has 1 fully saturated rings. The molecule has 2 aliphatic rings. The summed E-state index contributed by atoms with van der Waals surface area (Å²) >= 11 is 0. The van der Waals surface area contributed by atoms with Gasteiger partial charge in [-0.25, -0.2) is 0 Å². The Morgan fingerprint density at radius 3 is 2.58 bits per heavy atom. The Kier molecular flexibility index (Phi) is 5.01. The summed E-state index contributed by atoms with van der Waals surface area (Å²) < 4.78 is 11.0. The standard InChI is InChI=1S/C20H28N2O2/c1-13(2)7-16-12-22-6-5-14-9-19(23-3)20(24-4)10-17(14)18(22)8-15(16)11-21/h9-10,13,15-16,18H,5-8,12H2,1-4H3. The van der Waals surface area contributed by atoms with Crippen LogP contribution in [0.5, 0.6) is 11.5 Å². The highest BCUT2D eigenvalue weighted by Gasteiger charge is 2.39. The quantitative estimate of drug-likeness (QED) is 0.843. The Balaban J connectivity index is 1.91. The van der Waals surface area contributed by atoms with Gasteiger partial charge in [0.1, 0.15) is 0 Å². The van der Waals surface area contributed by atoms with Crippen molar-refractivity contribution < 1.29 is 9.47 Å². The molecule has 1 aromatic carbocycles. The molecule has 130 valence electrons. The second-order valence-corrected chi connectivity index (χ2v) is 7.53. The Morgan fingerprint density at radius 1 is 1.25 bits per heavy atom. The van der Waals surface area contributed by atoms with Crippen LogP contribution < -0.4 is 9.47 Å². The third-order valence-corrected chi connectivity index (χ3v) is 5.57. The van der Waals surface area contributed by atoms with Gasteiger partial charge in [0.15, 0.2) is 11.5 Å². The fourth-order valence-electron chi connectivity index (χ4n) is 4.44. The molecule has 0 amide bonds. The number of piperidine rings is 1. The molecule has 2 heterocycles. The molecular weight excluding hydrogens is 300 g/mol. The van der Waals surface area contributed by atoms with E-state index in [4.69, 9.17) is 9.47 Å². The SMILES string of the molecule is COc1cc2c(cc1OC)C1CC(C#N)C(CC(C)C)CN1CC2. The molecule has 4 nitrogen and oxygen atoms in total. The maximum absolute atomic E-state index is 9.68. The summed E-state index contributed by atoms with van der Waals surface area (Å²) in [5, 5.41) is 9.68. The summed E-state index contributed by atoms with van der Waals surface area (Å²) in [6.45, 7) is 6.61. The van der Waals surface area contributed by atoms with Crippen molar-refractivity contribution in [3.8, 4) is 17.6 Å². The number of hydrogen-bond acceptors (Lipinski definition) is 4. The average Bonchev–Trinajstić information content (AvgIpc) is 2.59. The van der Waals surface area contributed by atoms with Crippen LogP contribution in [0.2, 0.25) is 0 Å². The summed E-state index contributed by atoms with van der Waals surface area (Å²) in [5.74, 6) is 2.87. The second kappa shape index (κ2) is 7.03. The smallest absolute Gasteiger partial charge is 0.161 e. The number of rotatable bonds is 4. The van der Waals surface area contributed by atoms with Crippen molar-refractivity contribution in [3.05, 3.63) is 23.3 Å². The Labute approximate surface area is 145 Å². The zero-order valence-corrected chi connectivity index (χ0v) is 15.2. The molecule has 0 aromatic heterocycles. The van der Waals surface area contributed by atoms with Gasteiger partial charge in [-0.1, -0.05) is 13.8 Å². The molecule has 0 saturated carbocycles. The topological polar surface area (TPSA) is 45.5 Å². The van der Waals surface area contributed by atoms with Gasteiger partial charge < -0.3 is 9.47 Å². The van der Waals surface area contributed by atoms with Gasteiger partial charge in [-0.2, -0.15) is 5.26 Å². The van der Waals surface area contributed by atoms with Crippen LogP contribution >= 0.6 is 0 Å². The second-order valence-electron chi connectivity index (χ2n) is 7.53. The predicted molar refractivity (Wildman–Crippen MR) is 94.2 cm³/mol. The molecule has 3 unspecified atom stereocenters. The predicted octanol–water partition coefficient (Wildman–Crippen LogP) is 3.81. The van der Waals surface area contributed by atoms with Crippen LogP contribution in [0.4, 0.5) is 0 Å². The molecule has 1 aromatic rings. The Bertz CT molecular complexity index is 635. The van der Waals surface area contributed by atoms with E-state index in [1.165, 1.54) is 11.1 Å². The summed E-state index contributed by atoms with van der Waals surface area (Å²) in [6, 6.07) is 7.17. The average molecular weight is 328 g/mol. The molecule has 2 aliphatic heterocycles. The first-order chi connectivity index (χ1) is 11.6. The fraction of sp³-hybridized carbons (Fsp3) is 0.650. The van der Waals surface area contributed by atoms with Gasteiger partial charge in [0.2, 0.25) is 0 Å². The number of hydrogen-bond donors (Lipinski definition) is 0. The van der Waals surface area contributed by atoms with Crippen molar-refractivity contribution in [2.24, 2.45) is 17.8 Å². The molecule has 24 heavy (non-hydrogen) atoms. The van der Waals surface area contributed by atoms with Gasteiger partial charge in [0, 0.05) is 19.1 Å². The minimum absolute atomic E-state index is 0.146. The molecule has 0 N–H and O–H groups in total. The summed E-state index contributed by atoms with van der Waals surface area (Å²) in [7, 11) is 3.37. The lowest BCUT2D eigenvalue weighted by atomic mass is 9.75. The first-order valence-corrected chi connectivity index (χ1v) is 8.95.